The molecule has 0 bridgehead atoms. The Bertz CT molecular complexity index is 673. The van der Waals surface area contributed by atoms with Crippen LogP contribution >= 0.6 is 0 Å². The number of hydrogen-bond donors (Lipinski definition) is 3. The van der Waals surface area contributed by atoms with Crippen molar-refractivity contribution in [2.75, 3.05) is 18.8 Å². The summed E-state index contributed by atoms with van der Waals surface area (Å²) in [7, 11) is 0. The second-order valence-electron chi connectivity index (χ2n) is 4.59. The second kappa shape index (κ2) is 7.16. The lowest BCUT2D eigenvalue weighted by Crippen LogP contribution is -2.34. The molecule has 2 amide bonds. The van der Waals surface area contributed by atoms with Crippen molar-refractivity contribution in [1.82, 2.24) is 20.6 Å². The highest BCUT2D eigenvalue weighted by atomic mass is 16.2. The molecule has 1 heterocycles. The van der Waals surface area contributed by atoms with Crippen LogP contribution in [-0.2, 0) is 4.79 Å². The number of carbonyl (C=O) groups is 2. The molecule has 7 nitrogen and oxygen atoms in total. The van der Waals surface area contributed by atoms with Gasteiger partial charge in [-0.1, -0.05) is 30.3 Å². The topological polar surface area (TPSA) is 110 Å². The van der Waals surface area contributed by atoms with Crippen molar-refractivity contribution < 1.29 is 9.59 Å². The maximum Gasteiger partial charge on any atom is 0.273 e. The molecule has 22 heavy (non-hydrogen) atoms. The van der Waals surface area contributed by atoms with E-state index in [1.807, 2.05) is 30.3 Å². The number of hydrogen-bond acceptors (Lipinski definition) is 5. The molecule has 2 aromatic rings. The van der Waals surface area contributed by atoms with Crippen LogP contribution in [-0.4, -0.2) is 34.9 Å². The molecule has 7 heteroatoms. The number of benzene rings is 1. The predicted octanol–water partition coefficient (Wildman–Crippen LogP) is 0.592. The molecule has 0 saturated heterocycles. The average molecular weight is 299 g/mol. The smallest absolute Gasteiger partial charge is 0.273 e. The SMILES string of the molecule is CC(=O)NCCNC(=O)c1nc(-c2ccccc2)cnc1N. The van der Waals surface area contributed by atoms with E-state index in [-0.39, 0.29) is 24.0 Å². The third-order valence-corrected chi connectivity index (χ3v) is 2.87. The Balaban J connectivity index is 2.10. The van der Waals surface area contributed by atoms with Crippen molar-refractivity contribution >= 4 is 17.6 Å². The largest absolute Gasteiger partial charge is 0.382 e. The van der Waals surface area contributed by atoms with E-state index in [0.717, 1.165) is 5.56 Å². The standard InChI is InChI=1S/C15H17N5O2/c1-10(21)17-7-8-18-15(22)13-14(16)19-9-12(20-13)11-5-3-2-4-6-11/h2-6,9H,7-8H2,1H3,(H2,16,19)(H,17,21)(H,18,22). The lowest BCUT2D eigenvalue weighted by molar-refractivity contribution is -0.118. The van der Waals surface area contributed by atoms with E-state index >= 15 is 0 Å². The number of carbonyl (C=O) groups excluding carboxylic acids is 2. The van der Waals surface area contributed by atoms with Gasteiger partial charge in [0.1, 0.15) is 0 Å². The van der Waals surface area contributed by atoms with E-state index in [9.17, 15) is 9.59 Å². The van der Waals surface area contributed by atoms with Gasteiger partial charge < -0.3 is 16.4 Å². The first-order chi connectivity index (χ1) is 10.6. The number of nitrogens with two attached hydrogens (primary N) is 1. The number of aromatic nitrogens is 2. The Kier molecular flexibility index (Phi) is 5.02. The van der Waals surface area contributed by atoms with Gasteiger partial charge in [0.15, 0.2) is 11.5 Å². The molecular weight excluding hydrogens is 282 g/mol. The third kappa shape index (κ3) is 4.02. The minimum absolute atomic E-state index is 0.0664. The first-order valence-corrected chi connectivity index (χ1v) is 6.78. The summed E-state index contributed by atoms with van der Waals surface area (Å²) < 4.78 is 0. The van der Waals surface area contributed by atoms with Crippen LogP contribution in [0.3, 0.4) is 0 Å². The summed E-state index contributed by atoms with van der Waals surface area (Å²) in [6.45, 7) is 2.04. The molecule has 0 fully saturated rings. The lowest BCUT2D eigenvalue weighted by Gasteiger charge is -2.08. The fourth-order valence-corrected chi connectivity index (χ4v) is 1.81. The molecule has 0 saturated carbocycles. The van der Waals surface area contributed by atoms with E-state index in [4.69, 9.17) is 5.73 Å². The number of nitrogen functional groups attached to an aromatic ring is 1. The van der Waals surface area contributed by atoms with Gasteiger partial charge in [-0.2, -0.15) is 0 Å². The van der Waals surface area contributed by atoms with Gasteiger partial charge in [-0.25, -0.2) is 9.97 Å². The number of nitrogens with one attached hydrogen (secondary N) is 2. The fraction of sp³-hybridized carbons (Fsp3) is 0.200. The first kappa shape index (κ1) is 15.4. The van der Waals surface area contributed by atoms with E-state index < -0.39 is 5.91 Å². The van der Waals surface area contributed by atoms with E-state index in [1.165, 1.54) is 13.1 Å². The van der Waals surface area contributed by atoms with Gasteiger partial charge in [-0.05, 0) is 0 Å². The van der Waals surface area contributed by atoms with Crippen LogP contribution in [0.4, 0.5) is 5.82 Å². The Hall–Kier alpha value is -2.96. The highest BCUT2D eigenvalue weighted by molar-refractivity contribution is 5.96. The quantitative estimate of drug-likeness (QED) is 0.700. The van der Waals surface area contributed by atoms with Crippen LogP contribution in [0.5, 0.6) is 0 Å². The summed E-state index contributed by atoms with van der Waals surface area (Å²) in [4.78, 5) is 31.1. The summed E-state index contributed by atoms with van der Waals surface area (Å²) in [6, 6.07) is 9.39. The molecule has 0 radical (unpaired) electrons. The Morgan fingerprint density at radius 1 is 1.14 bits per heavy atom. The molecular formula is C15H17N5O2. The lowest BCUT2D eigenvalue weighted by atomic mass is 10.1. The number of anilines is 1. The van der Waals surface area contributed by atoms with Gasteiger partial charge in [0.05, 0.1) is 11.9 Å². The molecule has 0 aliphatic carbocycles. The highest BCUT2D eigenvalue weighted by Gasteiger charge is 2.14. The summed E-state index contributed by atoms with van der Waals surface area (Å²) in [5.41, 5.74) is 7.21. The van der Waals surface area contributed by atoms with Crippen molar-refractivity contribution in [1.29, 1.82) is 0 Å². The monoisotopic (exact) mass is 299 g/mol. The summed E-state index contributed by atoms with van der Waals surface area (Å²) in [5, 5.41) is 5.22. The first-order valence-electron chi connectivity index (χ1n) is 6.78. The zero-order valence-electron chi connectivity index (χ0n) is 12.2. The number of nitrogens with zero attached hydrogens (tertiary/aromatic N) is 2. The van der Waals surface area contributed by atoms with Crippen LogP contribution in [0.2, 0.25) is 0 Å². The van der Waals surface area contributed by atoms with Crippen LogP contribution < -0.4 is 16.4 Å². The maximum absolute atomic E-state index is 12.1. The Morgan fingerprint density at radius 2 is 1.82 bits per heavy atom. The van der Waals surface area contributed by atoms with Gasteiger partial charge in [0.25, 0.3) is 5.91 Å². The van der Waals surface area contributed by atoms with E-state index in [2.05, 4.69) is 20.6 Å². The van der Waals surface area contributed by atoms with Gasteiger partial charge in [-0.3, -0.25) is 9.59 Å². The number of rotatable bonds is 5. The van der Waals surface area contributed by atoms with Crippen LogP contribution in [0.15, 0.2) is 36.5 Å². The molecule has 0 aliphatic heterocycles. The van der Waals surface area contributed by atoms with Crippen molar-refractivity contribution in [2.45, 2.75) is 6.92 Å². The second-order valence-corrected chi connectivity index (χ2v) is 4.59. The molecule has 4 N–H and O–H groups in total. The highest BCUT2D eigenvalue weighted by Crippen LogP contribution is 2.17. The van der Waals surface area contributed by atoms with Gasteiger partial charge in [0.2, 0.25) is 5.91 Å². The van der Waals surface area contributed by atoms with E-state index in [0.29, 0.717) is 12.2 Å². The Morgan fingerprint density at radius 3 is 2.50 bits per heavy atom. The minimum Gasteiger partial charge on any atom is -0.382 e. The van der Waals surface area contributed by atoms with Crippen LogP contribution in [0.25, 0.3) is 11.3 Å². The molecule has 1 aromatic carbocycles. The van der Waals surface area contributed by atoms with Crippen molar-refractivity contribution in [3.05, 3.63) is 42.2 Å². The summed E-state index contributed by atoms with van der Waals surface area (Å²) in [5.74, 6) is -0.510. The fourth-order valence-electron chi connectivity index (χ4n) is 1.81. The van der Waals surface area contributed by atoms with Gasteiger partial charge >= 0.3 is 0 Å². The molecule has 0 spiro atoms. The predicted molar refractivity (Wildman–Crippen MR) is 82.9 cm³/mol. The molecule has 2 rings (SSSR count). The minimum atomic E-state index is -0.423. The van der Waals surface area contributed by atoms with Gasteiger partial charge in [0, 0.05) is 25.6 Å². The summed E-state index contributed by atoms with van der Waals surface area (Å²) in [6.07, 6.45) is 1.53. The Labute approximate surface area is 128 Å². The van der Waals surface area contributed by atoms with Crippen molar-refractivity contribution in [3.63, 3.8) is 0 Å². The number of amides is 2. The molecule has 114 valence electrons. The zero-order chi connectivity index (χ0) is 15.9. The molecule has 0 unspecified atom stereocenters. The summed E-state index contributed by atoms with van der Waals surface area (Å²) >= 11 is 0. The van der Waals surface area contributed by atoms with Crippen molar-refractivity contribution in [3.8, 4) is 11.3 Å². The van der Waals surface area contributed by atoms with E-state index in [1.54, 1.807) is 0 Å². The zero-order valence-corrected chi connectivity index (χ0v) is 12.2. The molecule has 0 atom stereocenters. The van der Waals surface area contributed by atoms with Crippen molar-refractivity contribution in [2.24, 2.45) is 0 Å². The third-order valence-electron chi connectivity index (χ3n) is 2.87. The van der Waals surface area contributed by atoms with Gasteiger partial charge in [-0.15, -0.1) is 0 Å². The maximum atomic E-state index is 12.1. The average Bonchev–Trinajstić information content (AvgIpc) is 2.52. The molecule has 1 aromatic heterocycles. The van der Waals surface area contributed by atoms with Crippen LogP contribution in [0.1, 0.15) is 17.4 Å². The molecule has 0 aliphatic rings. The van der Waals surface area contributed by atoms with Crippen LogP contribution in [0, 0.1) is 0 Å². The normalized spacial score (nSPS) is 10.0.